The second-order valence-electron chi connectivity index (χ2n) is 3.54. The van der Waals surface area contributed by atoms with Gasteiger partial charge in [0.2, 0.25) is 0 Å². The van der Waals surface area contributed by atoms with Crippen LogP contribution in [0.25, 0.3) is 0 Å². The molecule has 0 radical (unpaired) electrons. The monoisotopic (exact) mass is 269 g/mol. The van der Waals surface area contributed by atoms with Crippen molar-refractivity contribution >= 4 is 17.9 Å². The Balaban J connectivity index is 3.29. The average Bonchev–Trinajstić information content (AvgIpc) is 2.37. The lowest BCUT2D eigenvalue weighted by Crippen LogP contribution is -2.23. The fourth-order valence-corrected chi connectivity index (χ4v) is 1.31. The molecule has 0 aliphatic rings. The van der Waals surface area contributed by atoms with Crippen molar-refractivity contribution in [1.29, 1.82) is 0 Å². The van der Waals surface area contributed by atoms with Gasteiger partial charge in [-0.05, 0) is 6.92 Å². The summed E-state index contributed by atoms with van der Waals surface area (Å²) in [4.78, 5) is 31.5. The van der Waals surface area contributed by atoms with Crippen LogP contribution in [0.1, 0.15) is 17.3 Å². The summed E-state index contributed by atoms with van der Waals surface area (Å²) in [6.45, 7) is 1.27. The molecule has 0 unspecified atom stereocenters. The number of methoxy groups -OCH3 is 1. The van der Waals surface area contributed by atoms with Crippen LogP contribution < -0.4 is 9.47 Å². The molecule has 1 aromatic carbocycles. The largest absolute Gasteiger partial charge is 0.493 e. The van der Waals surface area contributed by atoms with Crippen molar-refractivity contribution in [1.82, 2.24) is 0 Å². The molecule has 102 valence electrons. The van der Waals surface area contributed by atoms with Crippen molar-refractivity contribution < 1.29 is 29.1 Å². The standard InChI is InChI=1S/C11H11NO7/c1-6(11(14)15)19-10-4-8(12(16)17)7(5-13)3-9(10)18-2/h3-6H,1-2H3,(H,14,15)/t6-/m1/s1. The molecule has 0 amide bonds. The molecule has 0 saturated carbocycles. The molecule has 0 fully saturated rings. The fraction of sp³-hybridized carbons (Fsp3) is 0.273. The summed E-state index contributed by atoms with van der Waals surface area (Å²) in [7, 11) is 1.27. The van der Waals surface area contributed by atoms with Crippen LogP contribution in [0.15, 0.2) is 12.1 Å². The number of hydrogen-bond donors (Lipinski definition) is 1. The van der Waals surface area contributed by atoms with Crippen molar-refractivity contribution in [2.45, 2.75) is 13.0 Å². The highest BCUT2D eigenvalue weighted by Gasteiger charge is 2.22. The number of aliphatic carboxylic acids is 1. The van der Waals surface area contributed by atoms with E-state index in [1.54, 1.807) is 0 Å². The lowest BCUT2D eigenvalue weighted by molar-refractivity contribution is -0.385. The molecular formula is C11H11NO7. The van der Waals surface area contributed by atoms with E-state index < -0.39 is 22.7 Å². The Bertz CT molecular complexity index is 526. The minimum Gasteiger partial charge on any atom is -0.493 e. The molecule has 0 saturated heterocycles. The van der Waals surface area contributed by atoms with E-state index in [1.165, 1.54) is 14.0 Å². The number of carbonyl (C=O) groups excluding carboxylic acids is 1. The Morgan fingerprint density at radius 2 is 2.11 bits per heavy atom. The number of carboxylic acids is 1. The molecule has 0 aliphatic heterocycles. The van der Waals surface area contributed by atoms with Crippen molar-refractivity contribution in [3.8, 4) is 11.5 Å². The molecular weight excluding hydrogens is 258 g/mol. The predicted octanol–water partition coefficient (Wildman–Crippen LogP) is 1.27. The molecule has 19 heavy (non-hydrogen) atoms. The summed E-state index contributed by atoms with van der Waals surface area (Å²) in [5.41, 5.74) is -0.666. The summed E-state index contributed by atoms with van der Waals surface area (Å²) in [5.74, 6) is -1.31. The van der Waals surface area contributed by atoms with E-state index in [0.717, 1.165) is 12.1 Å². The van der Waals surface area contributed by atoms with Crippen LogP contribution in [0.2, 0.25) is 0 Å². The molecule has 1 rings (SSSR count). The van der Waals surface area contributed by atoms with Gasteiger partial charge in [-0.3, -0.25) is 14.9 Å². The molecule has 1 atom stereocenters. The Morgan fingerprint density at radius 1 is 1.47 bits per heavy atom. The molecule has 0 bridgehead atoms. The summed E-state index contributed by atoms with van der Waals surface area (Å²) in [6.07, 6.45) is -0.902. The zero-order valence-corrected chi connectivity index (χ0v) is 10.2. The molecule has 1 N–H and O–H groups in total. The first kappa shape index (κ1) is 14.4. The van der Waals surface area contributed by atoms with Gasteiger partial charge in [0.15, 0.2) is 23.9 Å². The maximum absolute atomic E-state index is 10.8. The summed E-state index contributed by atoms with van der Waals surface area (Å²) in [6, 6.07) is 2.08. The van der Waals surface area contributed by atoms with Gasteiger partial charge in [-0.1, -0.05) is 0 Å². The lowest BCUT2D eigenvalue weighted by Gasteiger charge is -2.14. The smallest absolute Gasteiger partial charge is 0.344 e. The number of aldehydes is 1. The number of nitrogens with zero attached hydrogens (tertiary/aromatic N) is 1. The van der Waals surface area contributed by atoms with Gasteiger partial charge in [0.05, 0.1) is 23.7 Å². The average molecular weight is 269 g/mol. The van der Waals surface area contributed by atoms with E-state index in [9.17, 15) is 19.7 Å². The van der Waals surface area contributed by atoms with Gasteiger partial charge < -0.3 is 14.6 Å². The first-order valence-electron chi connectivity index (χ1n) is 5.11. The highest BCUT2D eigenvalue weighted by molar-refractivity contribution is 5.83. The maximum Gasteiger partial charge on any atom is 0.344 e. The number of nitro groups is 1. The maximum atomic E-state index is 10.8. The Hall–Kier alpha value is -2.64. The normalized spacial score (nSPS) is 11.5. The van der Waals surface area contributed by atoms with Gasteiger partial charge in [0.25, 0.3) is 5.69 Å². The number of ether oxygens (including phenoxy) is 2. The van der Waals surface area contributed by atoms with E-state index in [0.29, 0.717) is 6.29 Å². The Labute approximate surface area is 107 Å². The molecule has 8 nitrogen and oxygen atoms in total. The molecule has 0 heterocycles. The molecule has 1 aromatic rings. The minimum absolute atomic E-state index is 0.0424. The van der Waals surface area contributed by atoms with E-state index in [1.807, 2.05) is 0 Å². The Kier molecular flexibility index (Phi) is 4.41. The van der Waals surface area contributed by atoms with Crippen LogP contribution in [0.4, 0.5) is 5.69 Å². The van der Waals surface area contributed by atoms with Gasteiger partial charge in [-0.2, -0.15) is 0 Å². The van der Waals surface area contributed by atoms with Gasteiger partial charge in [-0.15, -0.1) is 0 Å². The number of rotatable bonds is 6. The molecule has 0 aromatic heterocycles. The quantitative estimate of drug-likeness (QED) is 0.469. The third-order valence-electron chi connectivity index (χ3n) is 2.29. The first-order chi connectivity index (χ1) is 8.90. The highest BCUT2D eigenvalue weighted by atomic mass is 16.6. The van der Waals surface area contributed by atoms with Crippen LogP contribution in [-0.4, -0.2) is 35.5 Å². The van der Waals surface area contributed by atoms with E-state index in [2.05, 4.69) is 0 Å². The van der Waals surface area contributed by atoms with Crippen LogP contribution in [0.5, 0.6) is 11.5 Å². The second kappa shape index (κ2) is 5.80. The van der Waals surface area contributed by atoms with Gasteiger partial charge >= 0.3 is 5.97 Å². The van der Waals surface area contributed by atoms with Crippen LogP contribution in [-0.2, 0) is 4.79 Å². The zero-order chi connectivity index (χ0) is 14.6. The second-order valence-corrected chi connectivity index (χ2v) is 3.54. The number of benzene rings is 1. The SMILES string of the molecule is COc1cc(C=O)c([N+](=O)[O-])cc1O[C@H](C)C(=O)O. The number of carbonyl (C=O) groups is 2. The minimum atomic E-state index is -1.23. The number of nitro benzene ring substituents is 1. The van der Waals surface area contributed by atoms with E-state index >= 15 is 0 Å². The van der Waals surface area contributed by atoms with E-state index in [-0.39, 0.29) is 17.1 Å². The van der Waals surface area contributed by atoms with Crippen LogP contribution in [0.3, 0.4) is 0 Å². The van der Waals surface area contributed by atoms with Crippen LogP contribution >= 0.6 is 0 Å². The van der Waals surface area contributed by atoms with Crippen molar-refractivity contribution in [2.24, 2.45) is 0 Å². The van der Waals surface area contributed by atoms with Gasteiger partial charge in [0.1, 0.15) is 0 Å². The van der Waals surface area contributed by atoms with Gasteiger partial charge in [0, 0.05) is 6.07 Å². The van der Waals surface area contributed by atoms with Crippen molar-refractivity contribution in [3.05, 3.63) is 27.8 Å². The fourth-order valence-electron chi connectivity index (χ4n) is 1.31. The zero-order valence-electron chi connectivity index (χ0n) is 10.2. The van der Waals surface area contributed by atoms with Crippen molar-refractivity contribution in [2.75, 3.05) is 7.11 Å². The summed E-state index contributed by atoms with van der Waals surface area (Å²) in [5, 5.41) is 19.5. The highest BCUT2D eigenvalue weighted by Crippen LogP contribution is 2.34. The van der Waals surface area contributed by atoms with Crippen LogP contribution in [0, 0.1) is 10.1 Å². The third-order valence-corrected chi connectivity index (χ3v) is 2.29. The number of carboxylic acid groups (broad SMARTS) is 1. The third kappa shape index (κ3) is 3.18. The predicted molar refractivity (Wildman–Crippen MR) is 62.8 cm³/mol. The van der Waals surface area contributed by atoms with E-state index in [4.69, 9.17) is 14.6 Å². The van der Waals surface area contributed by atoms with Crippen molar-refractivity contribution in [3.63, 3.8) is 0 Å². The first-order valence-corrected chi connectivity index (χ1v) is 5.11. The Morgan fingerprint density at radius 3 is 2.53 bits per heavy atom. The molecule has 0 aliphatic carbocycles. The molecule has 8 heteroatoms. The topological polar surface area (TPSA) is 116 Å². The lowest BCUT2D eigenvalue weighted by atomic mass is 10.1. The summed E-state index contributed by atoms with van der Waals surface area (Å²) < 4.78 is 9.95. The molecule has 0 spiro atoms. The summed E-state index contributed by atoms with van der Waals surface area (Å²) >= 11 is 0. The number of hydrogen-bond acceptors (Lipinski definition) is 6. The van der Waals surface area contributed by atoms with Gasteiger partial charge in [-0.25, -0.2) is 4.79 Å².